The average molecular weight is 310 g/mol. The predicted molar refractivity (Wildman–Crippen MR) is 82.1 cm³/mol. The number of rotatable bonds is 4. The Labute approximate surface area is 132 Å². The van der Waals surface area contributed by atoms with Crippen LogP contribution < -0.4 is 5.32 Å². The van der Waals surface area contributed by atoms with Gasteiger partial charge in [0.15, 0.2) is 0 Å². The number of hydrogen-bond donors (Lipinski definition) is 2. The molecule has 0 saturated heterocycles. The molecule has 0 aromatic heterocycles. The maximum absolute atomic E-state index is 12.5. The molecule has 0 aliphatic carbocycles. The summed E-state index contributed by atoms with van der Waals surface area (Å²) in [5, 5.41) is 12.8. The van der Waals surface area contributed by atoms with Gasteiger partial charge >= 0.3 is 0 Å². The molecule has 0 spiro atoms. The molecule has 1 aliphatic rings. The van der Waals surface area contributed by atoms with Crippen LogP contribution >= 0.6 is 0 Å². The first-order valence-corrected chi connectivity index (χ1v) is 7.02. The van der Waals surface area contributed by atoms with Crippen LogP contribution in [0.4, 0.5) is 5.69 Å². The molecule has 3 rings (SSSR count). The van der Waals surface area contributed by atoms with Crippen LogP contribution in [0.25, 0.3) is 0 Å². The minimum atomic E-state index is -1.66. The second-order valence-corrected chi connectivity index (χ2v) is 5.28. The van der Waals surface area contributed by atoms with E-state index in [1.54, 1.807) is 30.3 Å². The second kappa shape index (κ2) is 5.66. The Morgan fingerprint density at radius 3 is 2.39 bits per heavy atom. The van der Waals surface area contributed by atoms with E-state index >= 15 is 0 Å². The maximum atomic E-state index is 12.5. The van der Waals surface area contributed by atoms with Crippen LogP contribution in [0.15, 0.2) is 54.6 Å². The molecule has 23 heavy (non-hydrogen) atoms. The van der Waals surface area contributed by atoms with Crippen LogP contribution in [0.2, 0.25) is 0 Å². The van der Waals surface area contributed by atoms with Gasteiger partial charge in [-0.2, -0.15) is 5.06 Å². The zero-order valence-corrected chi connectivity index (χ0v) is 12.1. The lowest BCUT2D eigenvalue weighted by Crippen LogP contribution is -2.57. The zero-order valence-electron chi connectivity index (χ0n) is 12.1. The van der Waals surface area contributed by atoms with Crippen molar-refractivity contribution in [3.8, 4) is 0 Å². The molecular formula is C17H14N2O4. The highest BCUT2D eigenvalue weighted by atomic mass is 16.5. The summed E-state index contributed by atoms with van der Waals surface area (Å²) in [7, 11) is 0. The molecule has 0 bridgehead atoms. The zero-order chi connectivity index (χ0) is 16.4. The van der Waals surface area contributed by atoms with Gasteiger partial charge in [-0.25, -0.2) is 0 Å². The van der Waals surface area contributed by atoms with Crippen molar-refractivity contribution in [2.45, 2.75) is 5.41 Å². The van der Waals surface area contributed by atoms with Crippen molar-refractivity contribution in [3.05, 3.63) is 65.7 Å². The fraction of sp³-hybridized carbons (Fsp3) is 0.118. The second-order valence-electron chi connectivity index (χ2n) is 5.28. The van der Waals surface area contributed by atoms with Crippen molar-refractivity contribution in [3.63, 3.8) is 0 Å². The maximum Gasteiger partial charge on any atom is 0.284 e. The van der Waals surface area contributed by atoms with Gasteiger partial charge in [0.1, 0.15) is 11.7 Å². The van der Waals surface area contributed by atoms with Gasteiger partial charge in [0.25, 0.3) is 11.8 Å². The lowest BCUT2D eigenvalue weighted by atomic mass is 9.75. The standard InChI is InChI=1S/C17H14N2O4/c20-11-17(10-18-12-6-2-1-3-7-12)14-9-5-4-8-13(14)15(21)19(23)16(17)22/h1-9,11,18,23H,10H2. The molecule has 2 aromatic carbocycles. The summed E-state index contributed by atoms with van der Waals surface area (Å²) >= 11 is 0. The van der Waals surface area contributed by atoms with E-state index < -0.39 is 17.2 Å². The molecule has 0 fully saturated rings. The molecule has 116 valence electrons. The predicted octanol–water partition coefficient (Wildman–Crippen LogP) is 1.61. The van der Waals surface area contributed by atoms with E-state index in [4.69, 9.17) is 0 Å². The average Bonchev–Trinajstić information content (AvgIpc) is 2.61. The van der Waals surface area contributed by atoms with Crippen molar-refractivity contribution in [2.24, 2.45) is 0 Å². The fourth-order valence-electron chi connectivity index (χ4n) is 2.69. The normalized spacial score (nSPS) is 20.1. The summed E-state index contributed by atoms with van der Waals surface area (Å²) in [5.74, 6) is -1.79. The number of imide groups is 1. The van der Waals surface area contributed by atoms with E-state index in [0.29, 0.717) is 11.8 Å². The summed E-state index contributed by atoms with van der Waals surface area (Å²) in [4.78, 5) is 36.3. The smallest absolute Gasteiger partial charge is 0.284 e. The number of amides is 2. The Kier molecular flexibility index (Phi) is 3.67. The first-order valence-electron chi connectivity index (χ1n) is 7.02. The molecule has 6 heteroatoms. The van der Waals surface area contributed by atoms with Crippen LogP contribution in [0.3, 0.4) is 0 Å². The molecule has 6 nitrogen and oxygen atoms in total. The number of aldehydes is 1. The number of nitrogens with one attached hydrogen (secondary N) is 1. The van der Waals surface area contributed by atoms with E-state index in [1.165, 1.54) is 6.07 Å². The largest absolute Gasteiger partial charge is 0.383 e. The molecule has 1 aliphatic heterocycles. The van der Waals surface area contributed by atoms with Crippen molar-refractivity contribution in [1.82, 2.24) is 5.06 Å². The minimum Gasteiger partial charge on any atom is -0.383 e. The molecule has 1 atom stereocenters. The van der Waals surface area contributed by atoms with Crippen molar-refractivity contribution in [1.29, 1.82) is 0 Å². The van der Waals surface area contributed by atoms with Crippen LogP contribution in [0, 0.1) is 0 Å². The third kappa shape index (κ3) is 2.29. The summed E-state index contributed by atoms with van der Waals surface area (Å²) in [6.07, 6.45) is 0.472. The van der Waals surface area contributed by atoms with Crippen LogP contribution in [0.1, 0.15) is 15.9 Å². The van der Waals surface area contributed by atoms with E-state index in [0.717, 1.165) is 5.69 Å². The lowest BCUT2D eigenvalue weighted by Gasteiger charge is -2.35. The van der Waals surface area contributed by atoms with Gasteiger partial charge in [0.2, 0.25) is 0 Å². The van der Waals surface area contributed by atoms with Gasteiger partial charge in [-0.05, 0) is 23.8 Å². The molecule has 2 N–H and O–H groups in total. The summed E-state index contributed by atoms with van der Waals surface area (Å²) in [6.45, 7) is -0.0687. The van der Waals surface area contributed by atoms with Crippen molar-refractivity contribution < 1.29 is 19.6 Å². The van der Waals surface area contributed by atoms with Crippen molar-refractivity contribution in [2.75, 3.05) is 11.9 Å². The number of anilines is 1. The molecule has 1 heterocycles. The molecule has 0 saturated carbocycles. The van der Waals surface area contributed by atoms with Gasteiger partial charge in [-0.1, -0.05) is 36.4 Å². The summed E-state index contributed by atoms with van der Waals surface area (Å²) < 4.78 is 0. The number of nitrogens with zero attached hydrogens (tertiary/aromatic N) is 1. The number of hydroxylamine groups is 2. The Morgan fingerprint density at radius 1 is 1.04 bits per heavy atom. The number of fused-ring (bicyclic) bond motifs is 1. The highest BCUT2D eigenvalue weighted by Gasteiger charge is 2.51. The third-order valence-corrected chi connectivity index (χ3v) is 3.95. The first-order chi connectivity index (χ1) is 11.1. The van der Waals surface area contributed by atoms with E-state index in [2.05, 4.69) is 5.32 Å². The Morgan fingerprint density at radius 2 is 1.70 bits per heavy atom. The summed E-state index contributed by atoms with van der Waals surface area (Å²) in [5.41, 5.74) is -0.509. The molecule has 2 aromatic rings. The topological polar surface area (TPSA) is 86.7 Å². The molecule has 1 unspecified atom stereocenters. The van der Waals surface area contributed by atoms with Gasteiger partial charge in [-0.15, -0.1) is 0 Å². The van der Waals surface area contributed by atoms with Gasteiger partial charge in [0.05, 0.1) is 0 Å². The van der Waals surface area contributed by atoms with Crippen LogP contribution in [-0.2, 0) is 15.0 Å². The Hall–Kier alpha value is -2.99. The Bertz CT molecular complexity index is 775. The first kappa shape index (κ1) is 14.9. The number of carbonyl (C=O) groups excluding carboxylic acids is 3. The molecular weight excluding hydrogens is 296 g/mol. The molecule has 2 amide bonds. The number of hydrogen-bond acceptors (Lipinski definition) is 5. The van der Waals surface area contributed by atoms with Crippen molar-refractivity contribution >= 4 is 23.8 Å². The SMILES string of the molecule is O=CC1(CNc2ccccc2)C(=O)N(O)C(=O)c2ccccc21. The fourth-order valence-corrected chi connectivity index (χ4v) is 2.69. The van der Waals surface area contributed by atoms with Gasteiger partial charge < -0.3 is 10.1 Å². The number of carbonyl (C=O) groups is 3. The summed E-state index contributed by atoms with van der Waals surface area (Å²) in [6, 6.07) is 15.3. The Balaban J connectivity index is 2.05. The van der Waals surface area contributed by atoms with Gasteiger partial charge in [-0.3, -0.25) is 14.8 Å². The number of benzene rings is 2. The van der Waals surface area contributed by atoms with Gasteiger partial charge in [0, 0.05) is 17.8 Å². The van der Waals surface area contributed by atoms with Crippen LogP contribution in [0.5, 0.6) is 0 Å². The third-order valence-electron chi connectivity index (χ3n) is 3.95. The van der Waals surface area contributed by atoms with Crippen LogP contribution in [-0.4, -0.2) is 34.9 Å². The van der Waals surface area contributed by atoms with E-state index in [-0.39, 0.29) is 17.2 Å². The van der Waals surface area contributed by atoms with E-state index in [9.17, 15) is 19.6 Å². The quantitative estimate of drug-likeness (QED) is 0.388. The lowest BCUT2D eigenvalue weighted by molar-refractivity contribution is -0.162. The highest BCUT2D eigenvalue weighted by Crippen LogP contribution is 2.33. The molecule has 0 radical (unpaired) electrons. The minimum absolute atomic E-state index is 0.0173. The monoisotopic (exact) mass is 310 g/mol. The van der Waals surface area contributed by atoms with E-state index in [1.807, 2.05) is 18.2 Å². The number of para-hydroxylation sites is 1. The highest BCUT2D eigenvalue weighted by molar-refractivity contribution is 6.18.